The van der Waals surface area contributed by atoms with Crippen molar-refractivity contribution in [1.82, 2.24) is 0 Å². The van der Waals surface area contributed by atoms with Gasteiger partial charge >= 0.3 is 0 Å². The first-order valence-electron chi connectivity index (χ1n) is 6.93. The van der Waals surface area contributed by atoms with Crippen LogP contribution in [-0.2, 0) is 0 Å². The second-order valence-corrected chi connectivity index (χ2v) is 6.50. The van der Waals surface area contributed by atoms with Crippen molar-refractivity contribution in [3.05, 3.63) is 0 Å². The van der Waals surface area contributed by atoms with Crippen LogP contribution in [0, 0.1) is 35.5 Å². The normalized spacial score (nSPS) is 60.0. The fourth-order valence-corrected chi connectivity index (χ4v) is 5.86. The van der Waals surface area contributed by atoms with Gasteiger partial charge in [-0.05, 0) is 86.9 Å². The van der Waals surface area contributed by atoms with E-state index < -0.39 is 0 Å². The standard InChI is InChI=1S/C14H22/c1-2-10-7-8-12-4-3-11-6-5-9(1)13(10)14(11)12/h9-14H,1-8H2. The minimum absolute atomic E-state index is 1.18. The van der Waals surface area contributed by atoms with E-state index in [9.17, 15) is 0 Å². The first-order valence-corrected chi connectivity index (χ1v) is 6.93. The average molecular weight is 190 g/mol. The molecule has 4 rings (SSSR count). The van der Waals surface area contributed by atoms with Crippen LogP contribution in [-0.4, -0.2) is 0 Å². The maximum atomic E-state index is 1.61. The lowest BCUT2D eigenvalue weighted by molar-refractivity contribution is 0.0356. The molecule has 0 aromatic rings. The van der Waals surface area contributed by atoms with Gasteiger partial charge in [-0.25, -0.2) is 0 Å². The van der Waals surface area contributed by atoms with E-state index in [-0.39, 0.29) is 0 Å². The third kappa shape index (κ3) is 0.907. The van der Waals surface area contributed by atoms with E-state index in [1.807, 2.05) is 0 Å². The summed E-state index contributed by atoms with van der Waals surface area (Å²) in [6.45, 7) is 0. The maximum absolute atomic E-state index is 1.61. The predicted octanol–water partition coefficient (Wildman–Crippen LogP) is 3.86. The maximum Gasteiger partial charge on any atom is -0.0324 e. The van der Waals surface area contributed by atoms with Gasteiger partial charge in [-0.15, -0.1) is 0 Å². The second kappa shape index (κ2) is 2.77. The molecular weight excluding hydrogens is 168 g/mol. The molecule has 4 aliphatic carbocycles. The zero-order chi connectivity index (χ0) is 9.12. The van der Waals surface area contributed by atoms with E-state index in [1.165, 1.54) is 35.5 Å². The fraction of sp³-hybridized carbons (Fsp3) is 1.00. The SMILES string of the molecule is C1CC2CCC3CCC4CCC1C2C43. The van der Waals surface area contributed by atoms with Crippen LogP contribution < -0.4 is 0 Å². The Kier molecular flexibility index (Phi) is 1.62. The van der Waals surface area contributed by atoms with Crippen molar-refractivity contribution in [2.75, 3.05) is 0 Å². The van der Waals surface area contributed by atoms with E-state index in [2.05, 4.69) is 0 Å². The number of hydrogen-bond donors (Lipinski definition) is 0. The smallest absolute Gasteiger partial charge is 0.0324 e. The zero-order valence-corrected chi connectivity index (χ0v) is 9.12. The fourth-order valence-electron chi connectivity index (χ4n) is 5.86. The molecule has 0 aromatic heterocycles. The van der Waals surface area contributed by atoms with E-state index in [1.54, 1.807) is 51.4 Å². The lowest BCUT2D eigenvalue weighted by atomic mass is 9.60. The molecule has 0 aromatic carbocycles. The van der Waals surface area contributed by atoms with Gasteiger partial charge in [0.2, 0.25) is 0 Å². The lowest BCUT2D eigenvalue weighted by Crippen LogP contribution is -2.38. The van der Waals surface area contributed by atoms with Crippen LogP contribution in [0.3, 0.4) is 0 Å². The van der Waals surface area contributed by atoms with Gasteiger partial charge in [0.05, 0.1) is 0 Å². The highest BCUT2D eigenvalue weighted by Crippen LogP contribution is 2.62. The first-order chi connectivity index (χ1) is 6.93. The van der Waals surface area contributed by atoms with Crippen LogP contribution in [0.2, 0.25) is 0 Å². The van der Waals surface area contributed by atoms with Gasteiger partial charge in [-0.2, -0.15) is 0 Å². The molecule has 0 N–H and O–H groups in total. The Morgan fingerprint density at radius 1 is 0.357 bits per heavy atom. The predicted molar refractivity (Wildman–Crippen MR) is 57.9 cm³/mol. The molecule has 0 atom stereocenters. The minimum atomic E-state index is 1.18. The van der Waals surface area contributed by atoms with Crippen molar-refractivity contribution in [2.45, 2.75) is 51.4 Å². The molecule has 0 unspecified atom stereocenters. The Hall–Kier alpha value is 0. The highest BCUT2D eigenvalue weighted by molar-refractivity contribution is 5.03. The molecule has 0 amide bonds. The third-order valence-electron chi connectivity index (χ3n) is 6.25. The zero-order valence-electron chi connectivity index (χ0n) is 9.12. The van der Waals surface area contributed by atoms with Gasteiger partial charge in [0.25, 0.3) is 0 Å². The summed E-state index contributed by atoms with van der Waals surface area (Å²) in [5, 5.41) is 0. The van der Waals surface area contributed by atoms with E-state index in [0.29, 0.717) is 0 Å². The summed E-state index contributed by atoms with van der Waals surface area (Å²) in [5.74, 6) is 7.17. The average Bonchev–Trinajstić information content (AvgIpc) is 2.77. The van der Waals surface area contributed by atoms with Crippen molar-refractivity contribution in [3.8, 4) is 0 Å². The van der Waals surface area contributed by atoms with Gasteiger partial charge in [-0.3, -0.25) is 0 Å². The van der Waals surface area contributed by atoms with Gasteiger partial charge in [0.1, 0.15) is 0 Å². The largest absolute Gasteiger partial charge is 0.0499 e. The van der Waals surface area contributed by atoms with Gasteiger partial charge in [0, 0.05) is 0 Å². The summed E-state index contributed by atoms with van der Waals surface area (Å²) in [6, 6.07) is 0. The molecule has 4 aliphatic rings. The van der Waals surface area contributed by atoms with Crippen LogP contribution in [0.25, 0.3) is 0 Å². The summed E-state index contributed by atoms with van der Waals surface area (Å²) in [4.78, 5) is 0. The Balaban J connectivity index is 1.73. The summed E-state index contributed by atoms with van der Waals surface area (Å²) in [5.41, 5.74) is 0. The van der Waals surface area contributed by atoms with Crippen LogP contribution in [0.5, 0.6) is 0 Å². The van der Waals surface area contributed by atoms with Crippen LogP contribution in [0.4, 0.5) is 0 Å². The van der Waals surface area contributed by atoms with Gasteiger partial charge in [-0.1, -0.05) is 0 Å². The van der Waals surface area contributed by atoms with E-state index in [0.717, 1.165) is 0 Å². The summed E-state index contributed by atoms with van der Waals surface area (Å²) < 4.78 is 0. The van der Waals surface area contributed by atoms with Crippen molar-refractivity contribution in [2.24, 2.45) is 35.5 Å². The molecule has 0 nitrogen and oxygen atoms in total. The Labute approximate surface area is 87.5 Å². The van der Waals surface area contributed by atoms with Crippen molar-refractivity contribution in [1.29, 1.82) is 0 Å². The first kappa shape index (κ1) is 8.19. The van der Waals surface area contributed by atoms with Gasteiger partial charge in [0.15, 0.2) is 0 Å². The molecule has 0 saturated heterocycles. The number of rotatable bonds is 0. The molecule has 0 heteroatoms. The number of hydrogen-bond acceptors (Lipinski definition) is 0. The highest BCUT2D eigenvalue weighted by Gasteiger charge is 2.53. The van der Waals surface area contributed by atoms with Crippen molar-refractivity contribution < 1.29 is 0 Å². The molecule has 0 aliphatic heterocycles. The monoisotopic (exact) mass is 190 g/mol. The molecule has 4 fully saturated rings. The van der Waals surface area contributed by atoms with Crippen molar-refractivity contribution >= 4 is 0 Å². The van der Waals surface area contributed by atoms with Crippen LogP contribution in [0.1, 0.15) is 51.4 Å². The topological polar surface area (TPSA) is 0 Å². The van der Waals surface area contributed by atoms with E-state index >= 15 is 0 Å². The van der Waals surface area contributed by atoms with Crippen LogP contribution in [0.15, 0.2) is 0 Å². The molecule has 0 radical (unpaired) electrons. The molecular formula is C14H22. The summed E-state index contributed by atoms with van der Waals surface area (Å²) in [6.07, 6.45) is 12.8. The second-order valence-electron chi connectivity index (χ2n) is 6.50. The van der Waals surface area contributed by atoms with Crippen molar-refractivity contribution in [3.63, 3.8) is 0 Å². The summed E-state index contributed by atoms with van der Waals surface area (Å²) >= 11 is 0. The quantitative estimate of drug-likeness (QED) is 0.544. The highest BCUT2D eigenvalue weighted by atomic mass is 14.6. The molecule has 0 bridgehead atoms. The molecule has 0 spiro atoms. The Bertz CT molecular complexity index is 194. The molecule has 14 heavy (non-hydrogen) atoms. The lowest BCUT2D eigenvalue weighted by Gasteiger charge is -2.45. The molecule has 4 saturated carbocycles. The van der Waals surface area contributed by atoms with Gasteiger partial charge < -0.3 is 0 Å². The molecule has 78 valence electrons. The minimum Gasteiger partial charge on any atom is -0.0499 e. The third-order valence-corrected chi connectivity index (χ3v) is 6.25. The van der Waals surface area contributed by atoms with Crippen LogP contribution >= 0.6 is 0 Å². The van der Waals surface area contributed by atoms with E-state index in [4.69, 9.17) is 0 Å². The summed E-state index contributed by atoms with van der Waals surface area (Å²) in [7, 11) is 0. The Morgan fingerprint density at radius 2 is 0.571 bits per heavy atom. The Morgan fingerprint density at radius 3 is 0.786 bits per heavy atom. The molecule has 0 heterocycles.